The fourth-order valence-electron chi connectivity index (χ4n) is 3.79. The summed E-state index contributed by atoms with van der Waals surface area (Å²) in [5.74, 6) is 0.130. The van der Waals surface area contributed by atoms with E-state index < -0.39 is 0 Å². The number of hydrogen-bond acceptors (Lipinski definition) is 2. The highest BCUT2D eigenvalue weighted by Gasteiger charge is 2.38. The molecule has 2 aliphatic rings. The lowest BCUT2D eigenvalue weighted by molar-refractivity contribution is -0.130. The van der Waals surface area contributed by atoms with Crippen LogP contribution >= 0.6 is 0 Å². The van der Waals surface area contributed by atoms with Gasteiger partial charge in [0, 0.05) is 25.0 Å². The highest BCUT2D eigenvalue weighted by Crippen LogP contribution is 2.29. The average Bonchev–Trinajstić information content (AvgIpc) is 3.12. The molecule has 2 fully saturated rings. The van der Waals surface area contributed by atoms with Gasteiger partial charge in [-0.2, -0.15) is 0 Å². The minimum atomic E-state index is -0.133. The van der Waals surface area contributed by atoms with Gasteiger partial charge in [-0.3, -0.25) is 9.59 Å². The summed E-state index contributed by atoms with van der Waals surface area (Å²) < 4.78 is 0. The Bertz CT molecular complexity index is 377. The second-order valence-corrected chi connectivity index (χ2v) is 7.14. The minimum Gasteiger partial charge on any atom is -0.353 e. The molecule has 0 unspecified atom stereocenters. The van der Waals surface area contributed by atoms with Crippen LogP contribution in [-0.4, -0.2) is 35.3 Å². The van der Waals surface area contributed by atoms with Crippen LogP contribution in [0, 0.1) is 5.92 Å². The van der Waals surface area contributed by atoms with Crippen molar-refractivity contribution in [3.05, 3.63) is 0 Å². The number of amides is 2. The second-order valence-electron chi connectivity index (χ2n) is 7.14. The summed E-state index contributed by atoms with van der Waals surface area (Å²) in [6.07, 6.45) is 11.1. The summed E-state index contributed by atoms with van der Waals surface area (Å²) in [5.41, 5.74) is 0. The molecule has 126 valence electrons. The molecule has 0 radical (unpaired) electrons. The van der Waals surface area contributed by atoms with Crippen molar-refractivity contribution in [2.75, 3.05) is 6.54 Å². The van der Waals surface area contributed by atoms with Gasteiger partial charge in [-0.25, -0.2) is 0 Å². The largest absolute Gasteiger partial charge is 0.353 e. The lowest BCUT2D eigenvalue weighted by Crippen LogP contribution is -2.39. The Labute approximate surface area is 135 Å². The summed E-state index contributed by atoms with van der Waals surface area (Å²) in [6, 6.07) is 0.622. The molecular formula is C18H32N2O2. The summed E-state index contributed by atoms with van der Waals surface area (Å²) in [4.78, 5) is 26.5. The van der Waals surface area contributed by atoms with Crippen molar-refractivity contribution in [1.29, 1.82) is 0 Å². The zero-order valence-electron chi connectivity index (χ0n) is 14.3. The van der Waals surface area contributed by atoms with Crippen LogP contribution in [0.2, 0.25) is 0 Å². The summed E-state index contributed by atoms with van der Waals surface area (Å²) in [5, 5.41) is 3.11. The molecule has 0 aromatic carbocycles. The maximum atomic E-state index is 12.4. The van der Waals surface area contributed by atoms with Gasteiger partial charge < -0.3 is 10.2 Å². The zero-order chi connectivity index (χ0) is 15.9. The van der Waals surface area contributed by atoms with Crippen LogP contribution in [0.4, 0.5) is 0 Å². The Kier molecular flexibility index (Phi) is 6.71. The predicted octanol–water partition coefficient (Wildman–Crippen LogP) is 3.25. The first-order chi connectivity index (χ1) is 10.6. The number of rotatable bonds is 8. The van der Waals surface area contributed by atoms with Crippen LogP contribution < -0.4 is 5.32 Å². The lowest BCUT2D eigenvalue weighted by Gasteiger charge is -2.24. The van der Waals surface area contributed by atoms with Gasteiger partial charge in [0.2, 0.25) is 11.8 Å². The normalized spacial score (nSPS) is 24.0. The van der Waals surface area contributed by atoms with Gasteiger partial charge in [0.1, 0.15) is 0 Å². The molecule has 0 bridgehead atoms. The van der Waals surface area contributed by atoms with E-state index in [2.05, 4.69) is 19.2 Å². The molecule has 2 atom stereocenters. The van der Waals surface area contributed by atoms with Gasteiger partial charge in [-0.05, 0) is 26.2 Å². The minimum absolute atomic E-state index is 0.0804. The van der Waals surface area contributed by atoms with Crippen molar-refractivity contribution in [3.63, 3.8) is 0 Å². The van der Waals surface area contributed by atoms with Gasteiger partial charge in [0.25, 0.3) is 0 Å². The quantitative estimate of drug-likeness (QED) is 0.700. The first-order valence-corrected chi connectivity index (χ1v) is 9.21. The summed E-state index contributed by atoms with van der Waals surface area (Å²) in [7, 11) is 0. The fourth-order valence-corrected chi connectivity index (χ4v) is 3.79. The Morgan fingerprint density at radius 1 is 1.27 bits per heavy atom. The Balaban J connectivity index is 1.72. The molecule has 2 rings (SSSR count). The topological polar surface area (TPSA) is 49.4 Å². The maximum absolute atomic E-state index is 12.4. The summed E-state index contributed by atoms with van der Waals surface area (Å²) in [6.45, 7) is 4.92. The molecule has 1 saturated carbocycles. The number of likely N-dealkylation sites (tertiary alicyclic amines) is 1. The molecule has 1 saturated heterocycles. The highest BCUT2D eigenvalue weighted by atomic mass is 16.2. The molecule has 1 aliphatic carbocycles. The van der Waals surface area contributed by atoms with Crippen molar-refractivity contribution < 1.29 is 9.59 Å². The smallest absolute Gasteiger partial charge is 0.225 e. The average molecular weight is 308 g/mol. The number of carbonyl (C=O) groups excluding carboxylic acids is 2. The van der Waals surface area contributed by atoms with Crippen molar-refractivity contribution in [2.24, 2.45) is 5.92 Å². The molecule has 0 aromatic heterocycles. The van der Waals surface area contributed by atoms with Crippen molar-refractivity contribution >= 4 is 11.8 Å². The first-order valence-electron chi connectivity index (χ1n) is 9.21. The third-order valence-electron chi connectivity index (χ3n) is 5.17. The number of nitrogens with zero attached hydrogens (tertiary/aromatic N) is 1. The molecule has 4 heteroatoms. The Morgan fingerprint density at radius 3 is 2.68 bits per heavy atom. The van der Waals surface area contributed by atoms with Crippen molar-refractivity contribution in [2.45, 2.75) is 90.1 Å². The third kappa shape index (κ3) is 4.72. The van der Waals surface area contributed by atoms with Gasteiger partial charge in [-0.1, -0.05) is 45.4 Å². The van der Waals surface area contributed by atoms with E-state index >= 15 is 0 Å². The van der Waals surface area contributed by atoms with Gasteiger partial charge in [0.05, 0.1) is 5.92 Å². The molecule has 0 spiro atoms. The van der Waals surface area contributed by atoms with E-state index in [1.165, 1.54) is 38.5 Å². The second kappa shape index (κ2) is 8.54. The van der Waals surface area contributed by atoms with Gasteiger partial charge in [0.15, 0.2) is 0 Å². The van der Waals surface area contributed by atoms with E-state index in [0.717, 1.165) is 19.3 Å². The van der Waals surface area contributed by atoms with E-state index in [-0.39, 0.29) is 23.8 Å². The zero-order valence-corrected chi connectivity index (χ0v) is 14.3. The first kappa shape index (κ1) is 17.3. The monoisotopic (exact) mass is 308 g/mol. The molecular weight excluding hydrogens is 276 g/mol. The van der Waals surface area contributed by atoms with Crippen LogP contribution in [0.5, 0.6) is 0 Å². The fraction of sp³-hybridized carbons (Fsp3) is 0.889. The molecule has 1 N–H and O–H groups in total. The van der Waals surface area contributed by atoms with E-state index in [4.69, 9.17) is 0 Å². The van der Waals surface area contributed by atoms with E-state index in [9.17, 15) is 9.59 Å². The summed E-state index contributed by atoms with van der Waals surface area (Å²) >= 11 is 0. The van der Waals surface area contributed by atoms with Crippen LogP contribution in [0.15, 0.2) is 0 Å². The number of hydrogen-bond donors (Lipinski definition) is 1. The van der Waals surface area contributed by atoms with Crippen molar-refractivity contribution in [1.82, 2.24) is 10.2 Å². The van der Waals surface area contributed by atoms with Crippen LogP contribution in [-0.2, 0) is 9.59 Å². The van der Waals surface area contributed by atoms with Crippen LogP contribution in [0.1, 0.15) is 78.1 Å². The van der Waals surface area contributed by atoms with E-state index in [0.29, 0.717) is 19.0 Å². The number of unbranched alkanes of at least 4 members (excludes halogenated alkanes) is 3. The molecule has 22 heavy (non-hydrogen) atoms. The lowest BCUT2D eigenvalue weighted by atomic mass is 10.1. The van der Waals surface area contributed by atoms with Crippen LogP contribution in [0.25, 0.3) is 0 Å². The van der Waals surface area contributed by atoms with Gasteiger partial charge in [-0.15, -0.1) is 0 Å². The van der Waals surface area contributed by atoms with Crippen LogP contribution in [0.3, 0.4) is 0 Å². The molecule has 4 nitrogen and oxygen atoms in total. The van der Waals surface area contributed by atoms with E-state index in [1.54, 1.807) is 0 Å². The highest BCUT2D eigenvalue weighted by molar-refractivity contribution is 5.89. The predicted molar refractivity (Wildman–Crippen MR) is 88.4 cm³/mol. The Morgan fingerprint density at radius 2 is 2.00 bits per heavy atom. The van der Waals surface area contributed by atoms with E-state index in [1.807, 2.05) is 4.90 Å². The third-order valence-corrected chi connectivity index (χ3v) is 5.17. The Hall–Kier alpha value is -1.06. The van der Waals surface area contributed by atoms with Gasteiger partial charge >= 0.3 is 0 Å². The molecule has 2 amide bonds. The number of nitrogens with one attached hydrogen (secondary N) is 1. The number of carbonyl (C=O) groups is 2. The maximum Gasteiger partial charge on any atom is 0.225 e. The molecule has 0 aromatic rings. The molecule has 1 heterocycles. The SMILES string of the molecule is CCCCCC[C@H](C)NC(=O)[C@@H]1CC(=O)N(C2CCCC2)C1. The van der Waals surface area contributed by atoms with Crippen molar-refractivity contribution in [3.8, 4) is 0 Å². The standard InChI is InChI=1S/C18H32N2O2/c1-3-4-5-6-9-14(2)19-18(22)15-12-17(21)20(13-15)16-10-7-8-11-16/h14-16H,3-13H2,1-2H3,(H,19,22)/t14-,15+/m0/s1. The molecule has 1 aliphatic heterocycles.